The van der Waals surface area contributed by atoms with Crippen LogP contribution in [-0.2, 0) is 9.47 Å². The lowest BCUT2D eigenvalue weighted by Gasteiger charge is -2.11. The van der Waals surface area contributed by atoms with Crippen LogP contribution >= 0.6 is 15.9 Å². The standard InChI is InChI=1S/C5H10BrNO3/c1-9-3-4(2-6)10-5(7)8/h4H,2-3H2,1H3,(H2,7,8). The van der Waals surface area contributed by atoms with Gasteiger partial charge in [0.15, 0.2) is 0 Å². The third-order valence-corrected chi connectivity index (χ3v) is 1.53. The van der Waals surface area contributed by atoms with Gasteiger partial charge in [0.05, 0.1) is 6.61 Å². The van der Waals surface area contributed by atoms with E-state index in [4.69, 9.17) is 10.5 Å². The van der Waals surface area contributed by atoms with Gasteiger partial charge in [-0.15, -0.1) is 0 Å². The number of hydrogen-bond acceptors (Lipinski definition) is 3. The SMILES string of the molecule is COCC(CBr)OC(N)=O. The number of nitrogens with two attached hydrogens (primary N) is 1. The Kier molecular flexibility index (Phi) is 5.33. The fourth-order valence-corrected chi connectivity index (χ4v) is 0.779. The lowest BCUT2D eigenvalue weighted by Crippen LogP contribution is -2.27. The van der Waals surface area contributed by atoms with Crippen molar-refractivity contribution in [3.63, 3.8) is 0 Å². The Morgan fingerprint density at radius 3 is 2.70 bits per heavy atom. The van der Waals surface area contributed by atoms with Gasteiger partial charge < -0.3 is 15.2 Å². The second kappa shape index (κ2) is 5.49. The summed E-state index contributed by atoms with van der Waals surface area (Å²) in [5.74, 6) is 0. The van der Waals surface area contributed by atoms with Gasteiger partial charge in [-0.3, -0.25) is 0 Å². The Morgan fingerprint density at radius 1 is 1.80 bits per heavy atom. The van der Waals surface area contributed by atoms with E-state index >= 15 is 0 Å². The fraction of sp³-hybridized carbons (Fsp3) is 0.800. The predicted octanol–water partition coefficient (Wildman–Crippen LogP) is 0.492. The minimum absolute atomic E-state index is 0.289. The van der Waals surface area contributed by atoms with Crippen LogP contribution in [0.2, 0.25) is 0 Å². The third-order valence-electron chi connectivity index (χ3n) is 0.807. The van der Waals surface area contributed by atoms with Crippen molar-refractivity contribution < 1.29 is 14.3 Å². The van der Waals surface area contributed by atoms with Crippen molar-refractivity contribution in [2.45, 2.75) is 6.10 Å². The number of amides is 1. The van der Waals surface area contributed by atoms with Gasteiger partial charge in [0, 0.05) is 12.4 Å². The minimum Gasteiger partial charge on any atom is -0.443 e. The number of hydrogen-bond donors (Lipinski definition) is 1. The smallest absolute Gasteiger partial charge is 0.404 e. The molecular weight excluding hydrogens is 202 g/mol. The quantitative estimate of drug-likeness (QED) is 0.690. The number of carbonyl (C=O) groups is 1. The molecule has 1 unspecified atom stereocenters. The summed E-state index contributed by atoms with van der Waals surface area (Å²) in [7, 11) is 1.53. The molecule has 1 atom stereocenters. The van der Waals surface area contributed by atoms with Crippen molar-refractivity contribution in [2.24, 2.45) is 5.73 Å². The number of methoxy groups -OCH3 is 1. The maximum atomic E-state index is 10.2. The number of alkyl halides is 1. The molecule has 60 valence electrons. The molecule has 0 rings (SSSR count). The number of rotatable bonds is 4. The molecule has 0 aliphatic carbocycles. The van der Waals surface area contributed by atoms with Crippen LogP contribution in [-0.4, -0.2) is 31.2 Å². The van der Waals surface area contributed by atoms with Crippen LogP contribution in [0.25, 0.3) is 0 Å². The average molecular weight is 212 g/mol. The molecule has 0 radical (unpaired) electrons. The summed E-state index contributed by atoms with van der Waals surface area (Å²) in [4.78, 5) is 10.2. The predicted molar refractivity (Wildman–Crippen MR) is 40.1 cm³/mol. The van der Waals surface area contributed by atoms with Crippen LogP contribution < -0.4 is 5.73 Å². The van der Waals surface area contributed by atoms with Crippen molar-refractivity contribution in [2.75, 3.05) is 19.0 Å². The number of halogens is 1. The molecule has 10 heavy (non-hydrogen) atoms. The lowest BCUT2D eigenvalue weighted by atomic mass is 10.4. The molecule has 0 spiro atoms. The Hall–Kier alpha value is -0.290. The first-order valence-electron chi connectivity index (χ1n) is 2.71. The second-order valence-corrected chi connectivity index (χ2v) is 2.32. The summed E-state index contributed by atoms with van der Waals surface area (Å²) in [6, 6.07) is 0. The Bertz CT molecular complexity index is 109. The molecule has 5 heteroatoms. The van der Waals surface area contributed by atoms with E-state index in [1.165, 1.54) is 7.11 Å². The van der Waals surface area contributed by atoms with Gasteiger partial charge in [0.25, 0.3) is 0 Å². The van der Waals surface area contributed by atoms with Crippen LogP contribution in [0.3, 0.4) is 0 Å². The fourth-order valence-electron chi connectivity index (χ4n) is 0.460. The first kappa shape index (κ1) is 9.71. The summed E-state index contributed by atoms with van der Waals surface area (Å²) >= 11 is 3.13. The normalized spacial score (nSPS) is 12.6. The van der Waals surface area contributed by atoms with Crippen molar-refractivity contribution >= 4 is 22.0 Å². The van der Waals surface area contributed by atoms with E-state index in [9.17, 15) is 4.79 Å². The van der Waals surface area contributed by atoms with E-state index in [0.717, 1.165) is 0 Å². The highest BCUT2D eigenvalue weighted by Gasteiger charge is 2.09. The van der Waals surface area contributed by atoms with Crippen molar-refractivity contribution in [1.82, 2.24) is 0 Å². The van der Waals surface area contributed by atoms with E-state index in [1.807, 2.05) is 0 Å². The van der Waals surface area contributed by atoms with Gasteiger partial charge in [-0.2, -0.15) is 0 Å². The molecular formula is C5H10BrNO3. The monoisotopic (exact) mass is 211 g/mol. The van der Waals surface area contributed by atoms with Crippen LogP contribution in [0.15, 0.2) is 0 Å². The van der Waals surface area contributed by atoms with Gasteiger partial charge in [0.2, 0.25) is 0 Å². The minimum atomic E-state index is -0.776. The summed E-state index contributed by atoms with van der Waals surface area (Å²) in [5.41, 5.74) is 4.76. The maximum absolute atomic E-state index is 10.2. The lowest BCUT2D eigenvalue weighted by molar-refractivity contribution is 0.0570. The highest BCUT2D eigenvalue weighted by molar-refractivity contribution is 9.09. The molecule has 2 N–H and O–H groups in total. The Labute approximate surface area is 67.8 Å². The molecule has 0 heterocycles. The van der Waals surface area contributed by atoms with Gasteiger partial charge in [-0.05, 0) is 0 Å². The zero-order chi connectivity index (χ0) is 7.98. The molecule has 0 aliphatic heterocycles. The van der Waals surface area contributed by atoms with E-state index in [2.05, 4.69) is 20.7 Å². The summed E-state index contributed by atoms with van der Waals surface area (Å²) in [6.45, 7) is 0.355. The van der Waals surface area contributed by atoms with E-state index in [-0.39, 0.29) is 6.10 Å². The van der Waals surface area contributed by atoms with Gasteiger partial charge in [0.1, 0.15) is 6.10 Å². The molecule has 0 fully saturated rings. The zero-order valence-corrected chi connectivity index (χ0v) is 7.26. The highest BCUT2D eigenvalue weighted by atomic mass is 79.9. The molecule has 1 amide bonds. The van der Waals surface area contributed by atoms with Crippen LogP contribution in [0.4, 0.5) is 4.79 Å². The highest BCUT2D eigenvalue weighted by Crippen LogP contribution is 1.97. The van der Waals surface area contributed by atoms with Gasteiger partial charge in [-0.1, -0.05) is 15.9 Å². The summed E-state index contributed by atoms with van der Waals surface area (Å²) in [6.07, 6.45) is -1.07. The third kappa shape index (κ3) is 4.58. The maximum Gasteiger partial charge on any atom is 0.404 e. The molecule has 0 aromatic carbocycles. The van der Waals surface area contributed by atoms with Crippen LogP contribution in [0.5, 0.6) is 0 Å². The largest absolute Gasteiger partial charge is 0.443 e. The summed E-state index contributed by atoms with van der Waals surface area (Å²) in [5, 5.41) is 0.532. The molecule has 0 aromatic heterocycles. The topological polar surface area (TPSA) is 61.6 Å². The molecule has 0 saturated carbocycles. The molecule has 0 bridgehead atoms. The zero-order valence-electron chi connectivity index (χ0n) is 5.67. The van der Waals surface area contributed by atoms with Crippen molar-refractivity contribution in [3.05, 3.63) is 0 Å². The summed E-state index contributed by atoms with van der Waals surface area (Å²) < 4.78 is 9.34. The molecule has 0 aliphatic rings. The van der Waals surface area contributed by atoms with Gasteiger partial charge >= 0.3 is 6.09 Å². The van der Waals surface area contributed by atoms with E-state index < -0.39 is 6.09 Å². The second-order valence-electron chi connectivity index (χ2n) is 1.67. The number of carbonyl (C=O) groups excluding carboxylic acids is 1. The first-order valence-corrected chi connectivity index (χ1v) is 3.83. The molecule has 0 saturated heterocycles. The number of ether oxygens (including phenoxy) is 2. The van der Waals surface area contributed by atoms with Crippen LogP contribution in [0, 0.1) is 0 Å². The van der Waals surface area contributed by atoms with Crippen molar-refractivity contribution in [1.29, 1.82) is 0 Å². The first-order chi connectivity index (χ1) is 4.70. The molecule has 4 nitrogen and oxygen atoms in total. The van der Waals surface area contributed by atoms with Crippen molar-refractivity contribution in [3.8, 4) is 0 Å². The van der Waals surface area contributed by atoms with Gasteiger partial charge in [-0.25, -0.2) is 4.79 Å². The Balaban J connectivity index is 3.49. The van der Waals surface area contributed by atoms with E-state index in [1.54, 1.807) is 0 Å². The Morgan fingerprint density at radius 2 is 2.40 bits per heavy atom. The molecule has 0 aromatic rings. The van der Waals surface area contributed by atoms with E-state index in [0.29, 0.717) is 11.9 Å². The average Bonchev–Trinajstić information content (AvgIpc) is 1.86. The van der Waals surface area contributed by atoms with Crippen LogP contribution in [0.1, 0.15) is 0 Å². The number of primary amides is 1.